The van der Waals surface area contributed by atoms with Gasteiger partial charge in [-0.15, -0.1) is 0 Å². The maximum atomic E-state index is 9.49. The number of hydrogen-bond acceptors (Lipinski definition) is 7. The van der Waals surface area contributed by atoms with Crippen LogP contribution in [-0.4, -0.2) is 40.9 Å². The van der Waals surface area contributed by atoms with Gasteiger partial charge in [-0.3, -0.25) is 4.98 Å². The number of methoxy groups -OCH3 is 1. The Balaban J connectivity index is 1.64. The Morgan fingerprint density at radius 1 is 1.09 bits per heavy atom. The summed E-state index contributed by atoms with van der Waals surface area (Å²) in [4.78, 5) is 11.1. The Morgan fingerprint density at radius 2 is 1.91 bits per heavy atom. The van der Waals surface area contributed by atoms with Crippen molar-refractivity contribution in [1.29, 1.82) is 0 Å². The van der Waals surface area contributed by atoms with Crippen molar-refractivity contribution in [3.05, 3.63) is 66.6 Å². The molecule has 0 saturated heterocycles. The van der Waals surface area contributed by atoms with Crippen molar-refractivity contribution in [2.45, 2.75) is 57.7 Å². The molecule has 0 bridgehead atoms. The first-order chi connectivity index (χ1) is 16.7. The normalized spacial score (nSPS) is 14.6. The van der Waals surface area contributed by atoms with Crippen molar-refractivity contribution in [3.8, 4) is 11.5 Å². The highest BCUT2D eigenvalue weighted by molar-refractivity contribution is 5.67. The van der Waals surface area contributed by atoms with Gasteiger partial charge in [-0.2, -0.15) is 0 Å². The van der Waals surface area contributed by atoms with Gasteiger partial charge in [0.05, 0.1) is 37.7 Å². The lowest BCUT2D eigenvalue weighted by molar-refractivity contribution is 0.201. The summed E-state index contributed by atoms with van der Waals surface area (Å²) in [6.45, 7) is 2.74. The van der Waals surface area contributed by atoms with Crippen LogP contribution >= 0.6 is 0 Å². The molecule has 7 nitrogen and oxygen atoms in total. The number of nitrogens with zero attached hydrogens (tertiary/aromatic N) is 3. The Hall–Kier alpha value is -3.32. The highest BCUT2D eigenvalue weighted by atomic mass is 16.5. The van der Waals surface area contributed by atoms with Crippen molar-refractivity contribution >= 4 is 17.2 Å². The molecule has 1 aliphatic rings. The van der Waals surface area contributed by atoms with Crippen LogP contribution < -0.4 is 19.7 Å². The van der Waals surface area contributed by atoms with Gasteiger partial charge in [0.1, 0.15) is 5.82 Å². The lowest BCUT2D eigenvalue weighted by Crippen LogP contribution is -2.23. The fourth-order valence-corrected chi connectivity index (χ4v) is 4.23. The topological polar surface area (TPSA) is 79.7 Å². The number of pyridine rings is 2. The summed E-state index contributed by atoms with van der Waals surface area (Å²) in [6, 6.07) is 14.0. The summed E-state index contributed by atoms with van der Waals surface area (Å²) in [5.41, 5.74) is 3.02. The quantitative estimate of drug-likeness (QED) is 0.399. The van der Waals surface area contributed by atoms with Gasteiger partial charge >= 0.3 is 0 Å². The molecule has 180 valence electrons. The molecule has 0 aliphatic heterocycles. The highest BCUT2D eigenvalue weighted by Gasteiger charge is 2.20. The van der Waals surface area contributed by atoms with E-state index in [9.17, 15) is 5.11 Å². The number of aliphatic hydroxyl groups is 1. The standard InChI is InChI=1S/C27H34N4O3/c1-3-21(19-32)30-27-13-11-23(17-29-27)31(18-20-7-6-14-28-16-20)22-10-12-25(33-2)26(15-22)34-24-8-4-5-9-24/h6-7,10-17,21,24,32H,3-5,8-9,18-19H2,1-2H3,(H,29,30). The molecule has 2 heterocycles. The Morgan fingerprint density at radius 3 is 2.56 bits per heavy atom. The largest absolute Gasteiger partial charge is 0.493 e. The van der Waals surface area contributed by atoms with Crippen LogP contribution in [0.5, 0.6) is 11.5 Å². The molecular formula is C27H34N4O3. The molecule has 34 heavy (non-hydrogen) atoms. The zero-order valence-electron chi connectivity index (χ0n) is 20.0. The van der Waals surface area contributed by atoms with E-state index in [4.69, 9.17) is 9.47 Å². The molecule has 1 unspecified atom stereocenters. The van der Waals surface area contributed by atoms with E-state index in [-0.39, 0.29) is 18.8 Å². The van der Waals surface area contributed by atoms with E-state index in [1.165, 1.54) is 12.8 Å². The van der Waals surface area contributed by atoms with E-state index >= 15 is 0 Å². The Labute approximate surface area is 201 Å². The number of nitrogens with one attached hydrogen (secondary N) is 1. The zero-order chi connectivity index (χ0) is 23.8. The van der Waals surface area contributed by atoms with Gasteiger partial charge in [-0.1, -0.05) is 13.0 Å². The zero-order valence-corrected chi connectivity index (χ0v) is 20.0. The molecule has 1 atom stereocenters. The van der Waals surface area contributed by atoms with Crippen LogP contribution in [0.2, 0.25) is 0 Å². The van der Waals surface area contributed by atoms with E-state index in [1.54, 1.807) is 13.3 Å². The molecule has 0 radical (unpaired) electrons. The molecule has 7 heteroatoms. The van der Waals surface area contributed by atoms with Gasteiger partial charge in [0.2, 0.25) is 0 Å². The summed E-state index contributed by atoms with van der Waals surface area (Å²) >= 11 is 0. The predicted octanol–water partition coefficient (Wildman–Crippen LogP) is 5.33. The van der Waals surface area contributed by atoms with Gasteiger partial charge in [0.15, 0.2) is 11.5 Å². The summed E-state index contributed by atoms with van der Waals surface area (Å²) < 4.78 is 11.9. The minimum Gasteiger partial charge on any atom is -0.493 e. The van der Waals surface area contributed by atoms with Crippen LogP contribution in [0.25, 0.3) is 0 Å². The minimum atomic E-state index is -0.0123. The van der Waals surface area contributed by atoms with Crippen LogP contribution in [0.4, 0.5) is 17.2 Å². The molecule has 0 amide bonds. The number of rotatable bonds is 11. The number of aliphatic hydroxyl groups excluding tert-OH is 1. The molecule has 4 rings (SSSR count). The fourth-order valence-electron chi connectivity index (χ4n) is 4.23. The van der Waals surface area contributed by atoms with Gasteiger partial charge in [0, 0.05) is 30.7 Å². The Kier molecular flexibility index (Phi) is 8.20. The van der Waals surface area contributed by atoms with E-state index in [0.29, 0.717) is 6.54 Å². The van der Waals surface area contributed by atoms with Gasteiger partial charge in [-0.25, -0.2) is 4.98 Å². The number of hydrogen-bond donors (Lipinski definition) is 2. The van der Waals surface area contributed by atoms with Crippen LogP contribution in [0.15, 0.2) is 61.1 Å². The van der Waals surface area contributed by atoms with Crippen molar-refractivity contribution in [2.75, 3.05) is 23.9 Å². The SMILES string of the molecule is CCC(CO)Nc1ccc(N(Cc2cccnc2)c2ccc(OC)c(OC3CCCC3)c2)cn1. The lowest BCUT2D eigenvalue weighted by atomic mass is 10.2. The highest BCUT2D eigenvalue weighted by Crippen LogP contribution is 2.37. The van der Waals surface area contributed by atoms with Crippen molar-refractivity contribution < 1.29 is 14.6 Å². The van der Waals surface area contributed by atoms with Crippen molar-refractivity contribution in [1.82, 2.24) is 9.97 Å². The molecule has 1 aliphatic carbocycles. The first-order valence-electron chi connectivity index (χ1n) is 12.0. The third-order valence-corrected chi connectivity index (χ3v) is 6.24. The molecule has 3 aromatic rings. The molecule has 1 fully saturated rings. The van der Waals surface area contributed by atoms with Crippen LogP contribution in [0.1, 0.15) is 44.6 Å². The van der Waals surface area contributed by atoms with E-state index < -0.39 is 0 Å². The summed E-state index contributed by atoms with van der Waals surface area (Å²) in [6.07, 6.45) is 11.1. The molecule has 0 spiro atoms. The molecule has 1 saturated carbocycles. The smallest absolute Gasteiger partial charge is 0.163 e. The van der Waals surface area contributed by atoms with Crippen LogP contribution in [0, 0.1) is 0 Å². The predicted molar refractivity (Wildman–Crippen MR) is 135 cm³/mol. The fraction of sp³-hybridized carbons (Fsp3) is 0.407. The second-order valence-corrected chi connectivity index (χ2v) is 8.64. The average molecular weight is 463 g/mol. The molecular weight excluding hydrogens is 428 g/mol. The van der Waals surface area contributed by atoms with Gasteiger partial charge < -0.3 is 24.8 Å². The third kappa shape index (κ3) is 5.97. The lowest BCUT2D eigenvalue weighted by Gasteiger charge is -2.27. The number of benzene rings is 1. The van der Waals surface area contributed by atoms with Gasteiger partial charge in [-0.05, 0) is 68.0 Å². The van der Waals surface area contributed by atoms with E-state index in [2.05, 4.69) is 32.3 Å². The number of aromatic nitrogens is 2. The van der Waals surface area contributed by atoms with Crippen LogP contribution in [-0.2, 0) is 6.54 Å². The molecule has 2 N–H and O–H groups in total. The van der Waals surface area contributed by atoms with E-state index in [1.807, 2.05) is 49.6 Å². The second-order valence-electron chi connectivity index (χ2n) is 8.64. The summed E-state index contributed by atoms with van der Waals surface area (Å²) in [5.74, 6) is 2.25. The van der Waals surface area contributed by atoms with E-state index in [0.717, 1.165) is 53.5 Å². The van der Waals surface area contributed by atoms with Crippen molar-refractivity contribution in [2.24, 2.45) is 0 Å². The first-order valence-corrected chi connectivity index (χ1v) is 12.0. The minimum absolute atomic E-state index is 0.0123. The molecule has 2 aromatic heterocycles. The summed E-state index contributed by atoms with van der Waals surface area (Å²) in [7, 11) is 1.68. The third-order valence-electron chi connectivity index (χ3n) is 6.24. The van der Waals surface area contributed by atoms with Crippen molar-refractivity contribution in [3.63, 3.8) is 0 Å². The first kappa shape index (κ1) is 23.8. The number of anilines is 3. The monoisotopic (exact) mass is 462 g/mol. The maximum absolute atomic E-state index is 9.49. The van der Waals surface area contributed by atoms with Gasteiger partial charge in [0.25, 0.3) is 0 Å². The second kappa shape index (κ2) is 11.7. The molecule has 1 aromatic carbocycles. The Bertz CT molecular complexity index is 1020. The maximum Gasteiger partial charge on any atom is 0.163 e. The summed E-state index contributed by atoms with van der Waals surface area (Å²) in [5, 5.41) is 12.8. The van der Waals surface area contributed by atoms with Crippen LogP contribution in [0.3, 0.4) is 0 Å². The number of ether oxygens (including phenoxy) is 2. The average Bonchev–Trinajstić information content (AvgIpc) is 3.40.